The minimum atomic E-state index is -0.235. The Kier molecular flexibility index (Phi) is 5.43. The van der Waals surface area contributed by atoms with Gasteiger partial charge in [-0.05, 0) is 20.8 Å². The molecule has 0 bridgehead atoms. The summed E-state index contributed by atoms with van der Waals surface area (Å²) in [6, 6.07) is 0. The molecule has 1 heterocycles. The summed E-state index contributed by atoms with van der Waals surface area (Å²) >= 11 is 1.26. The van der Waals surface area contributed by atoms with Crippen LogP contribution in [0, 0.1) is 0 Å². The van der Waals surface area contributed by atoms with E-state index < -0.39 is 0 Å². The van der Waals surface area contributed by atoms with Crippen LogP contribution >= 0.6 is 11.8 Å². The molecule has 0 saturated carbocycles. The molecule has 0 aliphatic rings. The zero-order valence-corrected chi connectivity index (χ0v) is 11.2. The summed E-state index contributed by atoms with van der Waals surface area (Å²) in [5, 5.41) is 7.71. The van der Waals surface area contributed by atoms with E-state index in [2.05, 4.69) is 10.2 Å². The van der Waals surface area contributed by atoms with Crippen LogP contribution in [0.15, 0.2) is 9.64 Å². The number of carbonyl (C=O) groups excluding carboxylic acids is 1. The highest BCUT2D eigenvalue weighted by Gasteiger charge is 2.21. The van der Waals surface area contributed by atoms with Gasteiger partial charge in [0.05, 0.1) is 11.8 Å². The van der Waals surface area contributed by atoms with Crippen molar-refractivity contribution in [2.45, 2.75) is 37.8 Å². The van der Waals surface area contributed by atoms with Crippen LogP contribution in [0.1, 0.15) is 26.7 Å². The summed E-state index contributed by atoms with van der Waals surface area (Å²) in [6.45, 7) is 7.37. The molecule has 1 atom stereocenters. The third-order valence-electron chi connectivity index (χ3n) is 2.32. The van der Waals surface area contributed by atoms with Crippen molar-refractivity contribution in [3.8, 4) is 0 Å². The zero-order chi connectivity index (χ0) is 12.8. The predicted octanol–water partition coefficient (Wildman–Crippen LogP) is 0.877. The van der Waals surface area contributed by atoms with Crippen molar-refractivity contribution >= 4 is 17.7 Å². The lowest BCUT2D eigenvalue weighted by atomic mass is 10.4. The Bertz CT molecular complexity index is 365. The molecule has 96 valence electrons. The standard InChI is InChI=1S/C10H18N4O2S/c1-4-14(5-2)9(15)7(3)17-10-13-12-8(6-11)16-10/h7H,4-6,11H2,1-3H3. The first-order valence-electron chi connectivity index (χ1n) is 5.60. The van der Waals surface area contributed by atoms with E-state index in [0.29, 0.717) is 24.2 Å². The topological polar surface area (TPSA) is 85.2 Å². The summed E-state index contributed by atoms with van der Waals surface area (Å²) in [4.78, 5) is 13.8. The molecule has 2 N–H and O–H groups in total. The molecule has 1 aromatic heterocycles. The Morgan fingerprint density at radius 1 is 1.47 bits per heavy atom. The number of nitrogens with two attached hydrogens (primary N) is 1. The highest BCUT2D eigenvalue weighted by atomic mass is 32.2. The lowest BCUT2D eigenvalue weighted by Gasteiger charge is -2.21. The number of carbonyl (C=O) groups is 1. The van der Waals surface area contributed by atoms with Gasteiger partial charge in [-0.25, -0.2) is 0 Å². The average molecular weight is 258 g/mol. The second-order valence-electron chi connectivity index (χ2n) is 3.44. The van der Waals surface area contributed by atoms with Gasteiger partial charge in [0, 0.05) is 13.1 Å². The van der Waals surface area contributed by atoms with E-state index in [1.807, 2.05) is 20.8 Å². The molecule has 0 aromatic carbocycles. The van der Waals surface area contributed by atoms with Crippen LogP contribution in [0.2, 0.25) is 0 Å². The zero-order valence-electron chi connectivity index (χ0n) is 10.3. The Hall–Kier alpha value is -1.08. The van der Waals surface area contributed by atoms with Crippen molar-refractivity contribution < 1.29 is 9.21 Å². The molecule has 1 unspecified atom stereocenters. The molecule has 1 rings (SSSR count). The van der Waals surface area contributed by atoms with Crippen LogP contribution in [-0.4, -0.2) is 39.3 Å². The fourth-order valence-corrected chi connectivity index (χ4v) is 2.15. The Morgan fingerprint density at radius 2 is 2.12 bits per heavy atom. The van der Waals surface area contributed by atoms with Crippen molar-refractivity contribution in [1.82, 2.24) is 15.1 Å². The van der Waals surface area contributed by atoms with Gasteiger partial charge in [-0.2, -0.15) is 0 Å². The predicted molar refractivity (Wildman–Crippen MR) is 65.4 cm³/mol. The van der Waals surface area contributed by atoms with Crippen LogP contribution in [0.5, 0.6) is 0 Å². The third kappa shape index (κ3) is 3.71. The largest absolute Gasteiger partial charge is 0.415 e. The number of hydrogen-bond donors (Lipinski definition) is 1. The second kappa shape index (κ2) is 6.61. The molecule has 0 radical (unpaired) electrons. The average Bonchev–Trinajstić information content (AvgIpc) is 2.78. The van der Waals surface area contributed by atoms with Crippen molar-refractivity contribution in [2.24, 2.45) is 5.73 Å². The number of rotatable bonds is 6. The van der Waals surface area contributed by atoms with E-state index >= 15 is 0 Å². The van der Waals surface area contributed by atoms with Crippen molar-refractivity contribution in [3.05, 3.63) is 5.89 Å². The summed E-state index contributed by atoms with van der Waals surface area (Å²) in [5.74, 6) is 0.461. The molecule has 1 aromatic rings. The van der Waals surface area contributed by atoms with E-state index in [0.717, 1.165) is 0 Å². The first-order valence-corrected chi connectivity index (χ1v) is 6.48. The second-order valence-corrected chi connectivity index (χ2v) is 4.73. The number of nitrogens with zero attached hydrogens (tertiary/aromatic N) is 3. The van der Waals surface area contributed by atoms with Gasteiger partial charge in [-0.3, -0.25) is 4.79 Å². The van der Waals surface area contributed by atoms with Gasteiger partial charge in [0.1, 0.15) is 0 Å². The SMILES string of the molecule is CCN(CC)C(=O)C(C)Sc1nnc(CN)o1. The molecular weight excluding hydrogens is 240 g/mol. The van der Waals surface area contributed by atoms with Gasteiger partial charge < -0.3 is 15.1 Å². The summed E-state index contributed by atoms with van der Waals surface area (Å²) in [5.41, 5.74) is 5.36. The molecule has 1 amide bonds. The fraction of sp³-hybridized carbons (Fsp3) is 0.700. The summed E-state index contributed by atoms with van der Waals surface area (Å²) in [7, 11) is 0. The number of thioether (sulfide) groups is 1. The molecule has 0 saturated heterocycles. The molecule has 6 nitrogen and oxygen atoms in total. The molecular formula is C10H18N4O2S. The van der Waals surface area contributed by atoms with Crippen LogP contribution in [0.25, 0.3) is 0 Å². The lowest BCUT2D eigenvalue weighted by Crippen LogP contribution is -2.36. The van der Waals surface area contributed by atoms with Gasteiger partial charge in [-0.1, -0.05) is 11.8 Å². The third-order valence-corrected chi connectivity index (χ3v) is 3.25. The van der Waals surface area contributed by atoms with E-state index in [1.165, 1.54) is 11.8 Å². The Morgan fingerprint density at radius 3 is 2.59 bits per heavy atom. The quantitative estimate of drug-likeness (QED) is 0.762. The van der Waals surface area contributed by atoms with E-state index in [4.69, 9.17) is 10.2 Å². The maximum absolute atomic E-state index is 12.0. The van der Waals surface area contributed by atoms with Crippen molar-refractivity contribution in [3.63, 3.8) is 0 Å². The molecule has 7 heteroatoms. The molecule has 0 aliphatic heterocycles. The summed E-state index contributed by atoms with van der Waals surface area (Å²) in [6.07, 6.45) is 0. The normalized spacial score (nSPS) is 12.5. The lowest BCUT2D eigenvalue weighted by molar-refractivity contribution is -0.129. The van der Waals surface area contributed by atoms with Crippen LogP contribution < -0.4 is 5.73 Å². The molecule has 0 aliphatic carbocycles. The minimum absolute atomic E-state index is 0.0764. The van der Waals surface area contributed by atoms with Gasteiger partial charge in [-0.15, -0.1) is 10.2 Å². The first kappa shape index (κ1) is 14.0. The summed E-state index contributed by atoms with van der Waals surface area (Å²) < 4.78 is 5.25. The van der Waals surface area contributed by atoms with E-state index in [9.17, 15) is 4.79 Å². The maximum Gasteiger partial charge on any atom is 0.277 e. The Balaban J connectivity index is 2.58. The number of aromatic nitrogens is 2. The Labute approximate surface area is 105 Å². The van der Waals surface area contributed by atoms with Crippen LogP contribution in [0.4, 0.5) is 0 Å². The maximum atomic E-state index is 12.0. The molecule has 0 spiro atoms. The molecule has 0 fully saturated rings. The van der Waals surface area contributed by atoms with Crippen LogP contribution in [0.3, 0.4) is 0 Å². The highest BCUT2D eigenvalue weighted by Crippen LogP contribution is 2.22. The fourth-order valence-electron chi connectivity index (χ4n) is 1.36. The van der Waals surface area contributed by atoms with Gasteiger partial charge in [0.2, 0.25) is 11.8 Å². The van der Waals surface area contributed by atoms with Gasteiger partial charge >= 0.3 is 0 Å². The first-order chi connectivity index (χ1) is 8.12. The van der Waals surface area contributed by atoms with Crippen molar-refractivity contribution in [2.75, 3.05) is 13.1 Å². The minimum Gasteiger partial charge on any atom is -0.415 e. The van der Waals surface area contributed by atoms with Crippen molar-refractivity contribution in [1.29, 1.82) is 0 Å². The van der Waals surface area contributed by atoms with Gasteiger partial charge in [0.15, 0.2) is 0 Å². The van der Waals surface area contributed by atoms with Crippen LogP contribution in [-0.2, 0) is 11.3 Å². The number of amides is 1. The van der Waals surface area contributed by atoms with E-state index in [1.54, 1.807) is 4.90 Å². The van der Waals surface area contributed by atoms with Gasteiger partial charge in [0.25, 0.3) is 5.22 Å². The number of hydrogen-bond acceptors (Lipinski definition) is 6. The monoisotopic (exact) mass is 258 g/mol. The van der Waals surface area contributed by atoms with E-state index in [-0.39, 0.29) is 17.7 Å². The smallest absolute Gasteiger partial charge is 0.277 e. The highest BCUT2D eigenvalue weighted by molar-refractivity contribution is 8.00. The molecule has 17 heavy (non-hydrogen) atoms.